The summed E-state index contributed by atoms with van der Waals surface area (Å²) >= 11 is 0. The van der Waals surface area contributed by atoms with Crippen LogP contribution < -0.4 is 0 Å². The van der Waals surface area contributed by atoms with Gasteiger partial charge in [-0.05, 0) is 30.9 Å². The van der Waals surface area contributed by atoms with Gasteiger partial charge in [-0.25, -0.2) is 4.79 Å². The molecule has 110 valence electrons. The standard InChI is InChI=1S/C16H19N3O2/c20-16(21)15-14(9-17-18-15)11-19-8-4-7-13(10-19)12-5-2-1-3-6-12/h1-3,5-6,9,13H,4,7-8,10-11H2,(H,17,18)(H,20,21)/t13-/m1/s1. The maximum absolute atomic E-state index is 11.1. The number of nitrogens with one attached hydrogen (secondary N) is 1. The van der Waals surface area contributed by atoms with Crippen LogP contribution in [-0.4, -0.2) is 39.3 Å². The van der Waals surface area contributed by atoms with Crippen LogP contribution in [0.3, 0.4) is 0 Å². The zero-order valence-electron chi connectivity index (χ0n) is 11.8. The summed E-state index contributed by atoms with van der Waals surface area (Å²) < 4.78 is 0. The normalized spacial score (nSPS) is 19.5. The van der Waals surface area contributed by atoms with Crippen LogP contribution in [0.25, 0.3) is 0 Å². The van der Waals surface area contributed by atoms with Gasteiger partial charge < -0.3 is 5.11 Å². The summed E-state index contributed by atoms with van der Waals surface area (Å²) in [4.78, 5) is 13.4. The highest BCUT2D eigenvalue weighted by Gasteiger charge is 2.23. The first-order chi connectivity index (χ1) is 10.2. The summed E-state index contributed by atoms with van der Waals surface area (Å²) in [7, 11) is 0. The number of likely N-dealkylation sites (tertiary alicyclic amines) is 1. The minimum absolute atomic E-state index is 0.205. The van der Waals surface area contributed by atoms with Crippen LogP contribution >= 0.6 is 0 Å². The second-order valence-electron chi connectivity index (χ2n) is 5.56. The first-order valence-corrected chi connectivity index (χ1v) is 7.27. The lowest BCUT2D eigenvalue weighted by molar-refractivity contribution is 0.0687. The second-order valence-corrected chi connectivity index (χ2v) is 5.56. The molecule has 3 rings (SSSR count). The van der Waals surface area contributed by atoms with Gasteiger partial charge in [-0.3, -0.25) is 10.00 Å². The Bertz CT molecular complexity index is 609. The molecule has 0 spiro atoms. The summed E-state index contributed by atoms with van der Waals surface area (Å²) in [6, 6.07) is 10.5. The van der Waals surface area contributed by atoms with Crippen molar-refractivity contribution in [1.82, 2.24) is 15.1 Å². The van der Waals surface area contributed by atoms with Crippen LogP contribution in [-0.2, 0) is 6.54 Å². The molecule has 5 heteroatoms. The van der Waals surface area contributed by atoms with Crippen LogP contribution in [0.5, 0.6) is 0 Å². The zero-order valence-corrected chi connectivity index (χ0v) is 11.8. The van der Waals surface area contributed by atoms with Crippen LogP contribution in [0.2, 0.25) is 0 Å². The third-order valence-electron chi connectivity index (χ3n) is 4.10. The van der Waals surface area contributed by atoms with Gasteiger partial charge in [0.1, 0.15) is 5.69 Å². The number of piperidine rings is 1. The Kier molecular flexibility index (Phi) is 4.01. The van der Waals surface area contributed by atoms with Crippen LogP contribution in [0.4, 0.5) is 0 Å². The molecule has 1 atom stereocenters. The molecule has 0 unspecified atom stereocenters. The molecule has 1 aliphatic heterocycles. The predicted molar refractivity (Wildman–Crippen MR) is 79.2 cm³/mol. The van der Waals surface area contributed by atoms with E-state index in [9.17, 15) is 4.79 Å². The van der Waals surface area contributed by atoms with E-state index in [2.05, 4.69) is 39.4 Å². The molecule has 21 heavy (non-hydrogen) atoms. The second kappa shape index (κ2) is 6.10. The number of hydrogen-bond donors (Lipinski definition) is 2. The Morgan fingerprint density at radius 2 is 2.19 bits per heavy atom. The van der Waals surface area contributed by atoms with E-state index in [1.807, 2.05) is 6.07 Å². The first kappa shape index (κ1) is 13.8. The lowest BCUT2D eigenvalue weighted by atomic mass is 9.90. The number of carboxylic acids is 1. The van der Waals surface area contributed by atoms with Gasteiger partial charge in [0, 0.05) is 18.7 Å². The molecule has 1 aromatic carbocycles. The van der Waals surface area contributed by atoms with E-state index in [1.165, 1.54) is 12.0 Å². The van der Waals surface area contributed by atoms with Crippen LogP contribution in [0.1, 0.15) is 40.4 Å². The number of carboxylic acid groups (broad SMARTS) is 1. The molecule has 2 N–H and O–H groups in total. The smallest absolute Gasteiger partial charge is 0.354 e. The predicted octanol–water partition coefficient (Wildman–Crippen LogP) is 2.49. The Morgan fingerprint density at radius 3 is 2.95 bits per heavy atom. The number of aromatic amines is 1. The van der Waals surface area contributed by atoms with Gasteiger partial charge in [-0.1, -0.05) is 30.3 Å². The third-order valence-corrected chi connectivity index (χ3v) is 4.10. The number of benzene rings is 1. The molecule has 0 bridgehead atoms. The van der Waals surface area contributed by atoms with E-state index in [0.29, 0.717) is 12.5 Å². The summed E-state index contributed by atoms with van der Waals surface area (Å²) in [5, 5.41) is 15.5. The molecular weight excluding hydrogens is 266 g/mol. The van der Waals surface area contributed by atoms with Crippen LogP contribution in [0.15, 0.2) is 36.5 Å². The molecule has 0 radical (unpaired) electrons. The quantitative estimate of drug-likeness (QED) is 0.905. The van der Waals surface area contributed by atoms with Crippen molar-refractivity contribution in [3.8, 4) is 0 Å². The van der Waals surface area contributed by atoms with E-state index in [4.69, 9.17) is 5.11 Å². The largest absolute Gasteiger partial charge is 0.477 e. The number of aromatic nitrogens is 2. The Labute approximate surface area is 123 Å². The van der Waals surface area contributed by atoms with E-state index < -0.39 is 5.97 Å². The van der Waals surface area contributed by atoms with Crippen molar-refractivity contribution >= 4 is 5.97 Å². The minimum atomic E-state index is -0.945. The maximum atomic E-state index is 11.1. The van der Waals surface area contributed by atoms with E-state index in [-0.39, 0.29) is 5.69 Å². The number of carbonyl (C=O) groups is 1. The monoisotopic (exact) mass is 285 g/mol. The van der Waals surface area contributed by atoms with Crippen molar-refractivity contribution in [1.29, 1.82) is 0 Å². The number of hydrogen-bond acceptors (Lipinski definition) is 3. The van der Waals surface area contributed by atoms with Gasteiger partial charge in [0.2, 0.25) is 0 Å². The van der Waals surface area contributed by atoms with Crippen LogP contribution in [0, 0.1) is 0 Å². The third kappa shape index (κ3) is 3.13. The molecule has 1 saturated heterocycles. The number of nitrogens with zero attached hydrogens (tertiary/aromatic N) is 2. The molecule has 0 amide bonds. The van der Waals surface area contributed by atoms with Gasteiger partial charge in [0.25, 0.3) is 0 Å². The average molecular weight is 285 g/mol. The Balaban J connectivity index is 1.69. The van der Waals surface area contributed by atoms with Gasteiger partial charge in [-0.15, -0.1) is 0 Å². The topological polar surface area (TPSA) is 69.2 Å². The molecule has 1 aromatic heterocycles. The maximum Gasteiger partial charge on any atom is 0.354 e. The first-order valence-electron chi connectivity index (χ1n) is 7.27. The lowest BCUT2D eigenvalue weighted by Crippen LogP contribution is -2.34. The Morgan fingerprint density at radius 1 is 1.38 bits per heavy atom. The summed E-state index contributed by atoms with van der Waals surface area (Å²) in [5.74, 6) is -0.417. The van der Waals surface area contributed by atoms with Crippen molar-refractivity contribution in [3.05, 3.63) is 53.3 Å². The van der Waals surface area contributed by atoms with Gasteiger partial charge in [-0.2, -0.15) is 5.10 Å². The molecule has 0 saturated carbocycles. The van der Waals surface area contributed by atoms with Crippen molar-refractivity contribution in [2.75, 3.05) is 13.1 Å². The van der Waals surface area contributed by atoms with E-state index in [1.54, 1.807) is 6.20 Å². The van der Waals surface area contributed by atoms with Crippen molar-refractivity contribution < 1.29 is 9.90 Å². The molecule has 2 heterocycles. The SMILES string of the molecule is O=C(O)c1[nH]ncc1CN1CCC[C@@H](c2ccccc2)C1. The van der Waals surface area contributed by atoms with Gasteiger partial charge >= 0.3 is 5.97 Å². The number of aromatic carboxylic acids is 1. The molecular formula is C16H19N3O2. The summed E-state index contributed by atoms with van der Waals surface area (Å²) in [6.07, 6.45) is 3.95. The summed E-state index contributed by atoms with van der Waals surface area (Å²) in [6.45, 7) is 2.61. The highest BCUT2D eigenvalue weighted by Crippen LogP contribution is 2.27. The molecule has 0 aliphatic carbocycles. The fourth-order valence-corrected chi connectivity index (χ4v) is 3.05. The average Bonchev–Trinajstić information content (AvgIpc) is 2.97. The van der Waals surface area contributed by atoms with Gasteiger partial charge in [0.15, 0.2) is 0 Å². The number of H-pyrrole nitrogens is 1. The lowest BCUT2D eigenvalue weighted by Gasteiger charge is -2.32. The fourth-order valence-electron chi connectivity index (χ4n) is 3.05. The molecule has 2 aromatic rings. The van der Waals surface area contributed by atoms with E-state index in [0.717, 1.165) is 25.1 Å². The highest BCUT2D eigenvalue weighted by atomic mass is 16.4. The molecule has 1 aliphatic rings. The van der Waals surface area contributed by atoms with Crippen molar-refractivity contribution in [2.24, 2.45) is 0 Å². The summed E-state index contributed by atoms with van der Waals surface area (Å²) in [5.41, 5.74) is 2.33. The highest BCUT2D eigenvalue weighted by molar-refractivity contribution is 5.86. The van der Waals surface area contributed by atoms with Crippen molar-refractivity contribution in [3.63, 3.8) is 0 Å². The molecule has 1 fully saturated rings. The zero-order chi connectivity index (χ0) is 14.7. The van der Waals surface area contributed by atoms with E-state index >= 15 is 0 Å². The molecule has 5 nitrogen and oxygen atoms in total. The van der Waals surface area contributed by atoms with Gasteiger partial charge in [0.05, 0.1) is 6.20 Å². The minimum Gasteiger partial charge on any atom is -0.477 e. The van der Waals surface area contributed by atoms with Crippen molar-refractivity contribution in [2.45, 2.75) is 25.3 Å². The number of rotatable bonds is 4. The Hall–Kier alpha value is -2.14. The fraction of sp³-hybridized carbons (Fsp3) is 0.375.